The number of carbonyl (C=O) groups is 2. The van der Waals surface area contributed by atoms with Crippen LogP contribution in [0.1, 0.15) is 63.0 Å². The molecule has 1 heterocycles. The van der Waals surface area contributed by atoms with E-state index in [0.717, 1.165) is 12.0 Å². The van der Waals surface area contributed by atoms with Crippen LogP contribution in [-0.4, -0.2) is 73.7 Å². The standard InChI is InChI=1S/C20H29NO.C4H6O6/c1-2-3-11-21-12-10-20-9-5-4-6-17(20)19(21)13-15-7-8-16(22)14-18(15)20;5-1(3(7)8)2(6)4(9)10/h7-8,14,17,19,22H,2-6,9-13H2,1H3;1-2,5-6H,(H,7,8)(H,9,10)/t17-,19+,20+;1-,2-/m01/s1. The van der Waals surface area contributed by atoms with Crippen LogP contribution in [0.25, 0.3) is 0 Å². The molecule has 1 aromatic rings. The molecule has 1 saturated heterocycles. The van der Waals surface area contributed by atoms with E-state index in [4.69, 9.17) is 20.4 Å². The van der Waals surface area contributed by atoms with Crippen molar-refractivity contribution in [2.75, 3.05) is 13.1 Å². The fourth-order valence-electron chi connectivity index (χ4n) is 5.98. The molecule has 5 atom stereocenters. The number of fused-ring (bicyclic) bond motifs is 1. The van der Waals surface area contributed by atoms with Crippen LogP contribution in [0.4, 0.5) is 0 Å². The highest BCUT2D eigenvalue weighted by Crippen LogP contribution is 2.56. The van der Waals surface area contributed by atoms with Gasteiger partial charge in [0.25, 0.3) is 0 Å². The van der Waals surface area contributed by atoms with E-state index in [1.807, 2.05) is 6.07 Å². The van der Waals surface area contributed by atoms with Gasteiger partial charge in [-0.2, -0.15) is 0 Å². The van der Waals surface area contributed by atoms with Crippen LogP contribution in [0.15, 0.2) is 18.2 Å². The zero-order valence-corrected chi connectivity index (χ0v) is 18.6. The summed E-state index contributed by atoms with van der Waals surface area (Å²) >= 11 is 0. The van der Waals surface area contributed by atoms with Crippen LogP contribution in [0.3, 0.4) is 0 Å². The van der Waals surface area contributed by atoms with Gasteiger partial charge in [0, 0.05) is 11.5 Å². The number of carboxylic acid groups (broad SMARTS) is 2. The van der Waals surface area contributed by atoms with E-state index in [-0.39, 0.29) is 0 Å². The maximum Gasteiger partial charge on any atom is 0.335 e. The molecule has 0 radical (unpaired) electrons. The van der Waals surface area contributed by atoms with Gasteiger partial charge in [-0.25, -0.2) is 9.59 Å². The fraction of sp³-hybridized carbons (Fsp3) is 0.667. The lowest BCUT2D eigenvalue weighted by atomic mass is 9.52. The molecular formula is C24H35NO7. The van der Waals surface area contributed by atoms with Crippen LogP contribution < -0.4 is 0 Å². The molecule has 0 spiro atoms. The number of piperidine rings is 1. The van der Waals surface area contributed by atoms with Gasteiger partial charge in [-0.3, -0.25) is 4.90 Å². The summed E-state index contributed by atoms with van der Waals surface area (Å²) in [6, 6.07) is 6.95. The summed E-state index contributed by atoms with van der Waals surface area (Å²) in [4.78, 5) is 22.3. The highest BCUT2D eigenvalue weighted by molar-refractivity contribution is 5.83. The second-order valence-corrected chi connectivity index (χ2v) is 9.33. The van der Waals surface area contributed by atoms with E-state index in [0.29, 0.717) is 11.2 Å². The summed E-state index contributed by atoms with van der Waals surface area (Å²) in [5.41, 5.74) is 3.39. The number of carboxylic acids is 2. The van der Waals surface area contributed by atoms with Gasteiger partial charge < -0.3 is 25.5 Å². The monoisotopic (exact) mass is 449 g/mol. The van der Waals surface area contributed by atoms with Gasteiger partial charge >= 0.3 is 11.9 Å². The number of nitrogens with zero attached hydrogens (tertiary/aromatic N) is 1. The quantitative estimate of drug-likeness (QED) is 0.445. The summed E-state index contributed by atoms with van der Waals surface area (Å²) in [7, 11) is 0. The third kappa shape index (κ3) is 4.77. The molecule has 178 valence electrons. The van der Waals surface area contributed by atoms with Crippen molar-refractivity contribution in [1.29, 1.82) is 0 Å². The molecule has 1 aliphatic heterocycles. The van der Waals surface area contributed by atoms with Crippen molar-refractivity contribution in [2.24, 2.45) is 5.92 Å². The number of likely N-dealkylation sites (tertiary alicyclic amines) is 1. The Balaban J connectivity index is 0.000000247. The van der Waals surface area contributed by atoms with Gasteiger partial charge in [-0.1, -0.05) is 32.3 Å². The van der Waals surface area contributed by atoms with Crippen LogP contribution in [0.5, 0.6) is 5.75 Å². The molecule has 1 saturated carbocycles. The lowest BCUT2D eigenvalue weighted by Gasteiger charge is -2.59. The predicted molar refractivity (Wildman–Crippen MR) is 118 cm³/mol. The molecule has 5 N–H and O–H groups in total. The molecule has 2 fully saturated rings. The Morgan fingerprint density at radius 2 is 1.81 bits per heavy atom. The molecule has 1 aromatic carbocycles. The number of aromatic hydroxyl groups is 1. The maximum absolute atomic E-state index is 10.0. The topological polar surface area (TPSA) is 139 Å². The van der Waals surface area contributed by atoms with Crippen molar-refractivity contribution in [1.82, 2.24) is 4.90 Å². The van der Waals surface area contributed by atoms with Crippen LogP contribution in [-0.2, 0) is 21.4 Å². The first kappa shape index (κ1) is 24.5. The number of rotatable bonds is 6. The Morgan fingerprint density at radius 1 is 1.12 bits per heavy atom. The number of phenols is 1. The molecular weight excluding hydrogens is 414 g/mol. The average Bonchev–Trinajstić information content (AvgIpc) is 2.78. The van der Waals surface area contributed by atoms with Gasteiger partial charge in [-0.05, 0) is 74.4 Å². The van der Waals surface area contributed by atoms with E-state index in [2.05, 4.69) is 24.0 Å². The van der Waals surface area contributed by atoms with Gasteiger partial charge in [0.15, 0.2) is 12.2 Å². The summed E-state index contributed by atoms with van der Waals surface area (Å²) in [6.07, 6.45) is 6.10. The molecule has 2 aliphatic carbocycles. The van der Waals surface area contributed by atoms with Gasteiger partial charge in [0.1, 0.15) is 5.75 Å². The first-order chi connectivity index (χ1) is 15.2. The number of aliphatic hydroxyl groups excluding tert-OH is 2. The van der Waals surface area contributed by atoms with Gasteiger partial charge in [-0.15, -0.1) is 0 Å². The summed E-state index contributed by atoms with van der Waals surface area (Å²) in [5, 5.41) is 42.6. The second kappa shape index (κ2) is 10.2. The fourth-order valence-corrected chi connectivity index (χ4v) is 5.98. The average molecular weight is 450 g/mol. The summed E-state index contributed by atoms with van der Waals surface area (Å²) < 4.78 is 0. The molecule has 0 aromatic heterocycles. The van der Waals surface area contributed by atoms with Crippen molar-refractivity contribution in [3.63, 3.8) is 0 Å². The van der Waals surface area contributed by atoms with Gasteiger partial charge in [0.2, 0.25) is 0 Å². The first-order valence-electron chi connectivity index (χ1n) is 11.6. The second-order valence-electron chi connectivity index (χ2n) is 9.33. The third-order valence-electron chi connectivity index (χ3n) is 7.54. The Bertz CT molecular complexity index is 811. The van der Waals surface area contributed by atoms with Crippen LogP contribution in [0.2, 0.25) is 0 Å². The SMILES string of the molecule is CCCCN1CC[C@]23CCCC[C@H]2[C@H]1Cc1ccc(O)cc13.O=C(O)[C@H](O)[C@@H](O)C(=O)O. The number of unbranched alkanes of at least 4 members (excludes halogenated alkanes) is 1. The smallest absolute Gasteiger partial charge is 0.335 e. The summed E-state index contributed by atoms with van der Waals surface area (Å²) in [5.74, 6) is -2.25. The molecule has 32 heavy (non-hydrogen) atoms. The van der Waals surface area contributed by atoms with E-state index >= 15 is 0 Å². The normalized spacial score (nSPS) is 28.3. The zero-order chi connectivity index (χ0) is 23.5. The number of phenolic OH excluding ortho intramolecular Hbond substituents is 1. The Hall–Kier alpha value is -2.16. The van der Waals surface area contributed by atoms with Crippen LogP contribution in [0, 0.1) is 5.92 Å². The van der Waals surface area contributed by atoms with Gasteiger partial charge in [0.05, 0.1) is 0 Å². The number of aliphatic hydroxyl groups is 2. The largest absolute Gasteiger partial charge is 0.508 e. The Morgan fingerprint density at radius 3 is 2.44 bits per heavy atom. The number of aliphatic carboxylic acids is 2. The van der Waals surface area contributed by atoms with Crippen molar-refractivity contribution >= 4 is 11.9 Å². The third-order valence-corrected chi connectivity index (χ3v) is 7.54. The lowest BCUT2D eigenvalue weighted by Crippen LogP contribution is -2.60. The van der Waals surface area contributed by atoms with E-state index < -0.39 is 24.1 Å². The van der Waals surface area contributed by atoms with E-state index in [1.54, 1.807) is 0 Å². The number of benzene rings is 1. The molecule has 0 amide bonds. The Labute approximate surface area is 188 Å². The Kier molecular flexibility index (Phi) is 7.79. The zero-order valence-electron chi connectivity index (χ0n) is 18.6. The van der Waals surface area contributed by atoms with Crippen molar-refractivity contribution in [2.45, 2.75) is 82.0 Å². The van der Waals surface area contributed by atoms with Crippen LogP contribution >= 0.6 is 0 Å². The first-order valence-corrected chi connectivity index (χ1v) is 11.6. The van der Waals surface area contributed by atoms with E-state index in [1.165, 1.54) is 75.6 Å². The van der Waals surface area contributed by atoms with Crippen molar-refractivity contribution < 1.29 is 35.1 Å². The molecule has 8 heteroatoms. The minimum absolute atomic E-state index is 0.373. The molecule has 8 nitrogen and oxygen atoms in total. The number of hydrogen-bond donors (Lipinski definition) is 5. The predicted octanol–water partition coefficient (Wildman–Crippen LogP) is 2.13. The molecule has 4 rings (SSSR count). The number of hydrogen-bond acceptors (Lipinski definition) is 6. The minimum Gasteiger partial charge on any atom is -0.508 e. The maximum atomic E-state index is 10.0. The minimum atomic E-state index is -2.27. The highest BCUT2D eigenvalue weighted by Gasteiger charge is 2.53. The lowest BCUT2D eigenvalue weighted by molar-refractivity contribution is -0.165. The van der Waals surface area contributed by atoms with Crippen molar-refractivity contribution in [3.05, 3.63) is 29.3 Å². The summed E-state index contributed by atoms with van der Waals surface area (Å²) in [6.45, 7) is 4.84. The van der Waals surface area contributed by atoms with Crippen molar-refractivity contribution in [3.8, 4) is 5.75 Å². The highest BCUT2D eigenvalue weighted by atomic mass is 16.4. The molecule has 2 bridgehead atoms. The van der Waals surface area contributed by atoms with E-state index in [9.17, 15) is 14.7 Å². The molecule has 3 aliphatic rings. The molecule has 0 unspecified atom stereocenters.